The summed E-state index contributed by atoms with van der Waals surface area (Å²) in [5.41, 5.74) is 0.911. The van der Waals surface area contributed by atoms with Crippen LogP contribution in [0.1, 0.15) is 0 Å². The summed E-state index contributed by atoms with van der Waals surface area (Å²) in [6.45, 7) is 0.197. The summed E-state index contributed by atoms with van der Waals surface area (Å²) < 4.78 is 41.9. The monoisotopic (exact) mass is 306 g/mol. The number of aliphatic hydroxyl groups excluding tert-OH is 1. The van der Waals surface area contributed by atoms with E-state index in [1.807, 2.05) is 0 Å². The standard InChI is InChI=1S/C12H10ClF3N2O2/c13-11-2-1-9(20-12(14,15)16)5-10(11)8-6-17-18(7-8)3-4-19/h1-2,5-7,19H,3-4H2. The van der Waals surface area contributed by atoms with Crippen molar-refractivity contribution in [3.8, 4) is 16.9 Å². The number of ether oxygens (including phenoxy) is 1. The van der Waals surface area contributed by atoms with Crippen LogP contribution in [0.2, 0.25) is 5.02 Å². The molecule has 1 heterocycles. The third-order valence-corrected chi connectivity index (χ3v) is 2.77. The molecule has 1 aromatic heterocycles. The third-order valence-electron chi connectivity index (χ3n) is 2.44. The third kappa shape index (κ3) is 3.64. The van der Waals surface area contributed by atoms with Crippen LogP contribution in [0.3, 0.4) is 0 Å². The number of benzene rings is 1. The van der Waals surface area contributed by atoms with E-state index in [1.165, 1.54) is 23.0 Å². The fourth-order valence-electron chi connectivity index (χ4n) is 1.65. The molecule has 8 heteroatoms. The molecule has 0 amide bonds. The number of hydrogen-bond donors (Lipinski definition) is 1. The lowest BCUT2D eigenvalue weighted by Crippen LogP contribution is -2.17. The second-order valence-electron chi connectivity index (χ2n) is 3.91. The van der Waals surface area contributed by atoms with Crippen molar-refractivity contribution in [3.05, 3.63) is 35.6 Å². The largest absolute Gasteiger partial charge is 0.573 e. The summed E-state index contributed by atoms with van der Waals surface area (Å²) in [4.78, 5) is 0. The smallest absolute Gasteiger partial charge is 0.406 e. The Kier molecular flexibility index (Phi) is 4.20. The molecule has 0 bridgehead atoms. The van der Waals surface area contributed by atoms with Gasteiger partial charge in [-0.3, -0.25) is 4.68 Å². The van der Waals surface area contributed by atoms with Crippen LogP contribution in [0, 0.1) is 0 Å². The van der Waals surface area contributed by atoms with E-state index in [0.29, 0.717) is 11.1 Å². The maximum Gasteiger partial charge on any atom is 0.573 e. The summed E-state index contributed by atoms with van der Waals surface area (Å²) in [5, 5.41) is 13.0. The Labute approximate surface area is 117 Å². The summed E-state index contributed by atoms with van der Waals surface area (Å²) in [6.07, 6.45) is -1.73. The van der Waals surface area contributed by atoms with Gasteiger partial charge in [0.15, 0.2) is 0 Å². The molecule has 1 aromatic carbocycles. The predicted molar refractivity (Wildman–Crippen MR) is 66.4 cm³/mol. The Hall–Kier alpha value is -1.73. The summed E-state index contributed by atoms with van der Waals surface area (Å²) in [5.74, 6) is -0.355. The van der Waals surface area contributed by atoms with Gasteiger partial charge in [-0.2, -0.15) is 5.10 Å². The van der Waals surface area contributed by atoms with Crippen molar-refractivity contribution in [3.63, 3.8) is 0 Å². The van der Waals surface area contributed by atoms with E-state index >= 15 is 0 Å². The highest BCUT2D eigenvalue weighted by atomic mass is 35.5. The van der Waals surface area contributed by atoms with Crippen LogP contribution in [0.5, 0.6) is 5.75 Å². The van der Waals surface area contributed by atoms with Crippen molar-refractivity contribution in [2.75, 3.05) is 6.61 Å². The first kappa shape index (κ1) is 14.7. The Morgan fingerprint density at radius 3 is 2.75 bits per heavy atom. The van der Waals surface area contributed by atoms with Crippen LogP contribution < -0.4 is 4.74 Å². The Bertz CT molecular complexity index is 599. The molecule has 0 radical (unpaired) electrons. The lowest BCUT2D eigenvalue weighted by atomic mass is 10.1. The first-order chi connectivity index (χ1) is 9.39. The number of rotatable bonds is 4. The zero-order chi connectivity index (χ0) is 14.8. The summed E-state index contributed by atoms with van der Waals surface area (Å²) in [7, 11) is 0. The minimum Gasteiger partial charge on any atom is -0.406 e. The van der Waals surface area contributed by atoms with E-state index in [9.17, 15) is 13.2 Å². The Balaban J connectivity index is 2.32. The molecular weight excluding hydrogens is 297 g/mol. The first-order valence-electron chi connectivity index (χ1n) is 5.58. The van der Waals surface area contributed by atoms with Crippen molar-refractivity contribution in [2.45, 2.75) is 12.9 Å². The molecule has 0 atom stereocenters. The molecule has 20 heavy (non-hydrogen) atoms. The quantitative estimate of drug-likeness (QED) is 0.944. The number of aliphatic hydroxyl groups is 1. The van der Waals surface area contributed by atoms with Crippen LogP contribution in [0.4, 0.5) is 13.2 Å². The topological polar surface area (TPSA) is 47.3 Å². The fourth-order valence-corrected chi connectivity index (χ4v) is 1.88. The second-order valence-corrected chi connectivity index (χ2v) is 4.31. The highest BCUT2D eigenvalue weighted by Gasteiger charge is 2.31. The van der Waals surface area contributed by atoms with Gasteiger partial charge in [0.2, 0.25) is 0 Å². The summed E-state index contributed by atoms with van der Waals surface area (Å²) in [6, 6.07) is 3.65. The highest BCUT2D eigenvalue weighted by molar-refractivity contribution is 6.33. The van der Waals surface area contributed by atoms with Gasteiger partial charge in [-0.25, -0.2) is 0 Å². The van der Waals surface area contributed by atoms with Crippen molar-refractivity contribution in [1.29, 1.82) is 0 Å². The van der Waals surface area contributed by atoms with Crippen LogP contribution in [0.15, 0.2) is 30.6 Å². The molecule has 1 N–H and O–H groups in total. The fraction of sp³-hybridized carbons (Fsp3) is 0.250. The molecule has 2 rings (SSSR count). The van der Waals surface area contributed by atoms with Gasteiger partial charge in [0.1, 0.15) is 5.75 Å². The average Bonchev–Trinajstić information content (AvgIpc) is 2.79. The number of aromatic nitrogens is 2. The van der Waals surface area contributed by atoms with Gasteiger partial charge < -0.3 is 9.84 Å². The van der Waals surface area contributed by atoms with Gasteiger partial charge >= 0.3 is 6.36 Å². The number of hydrogen-bond acceptors (Lipinski definition) is 3. The normalized spacial score (nSPS) is 11.7. The average molecular weight is 307 g/mol. The van der Waals surface area contributed by atoms with E-state index in [1.54, 1.807) is 6.20 Å². The lowest BCUT2D eigenvalue weighted by molar-refractivity contribution is -0.274. The molecule has 0 unspecified atom stereocenters. The van der Waals surface area contributed by atoms with Gasteiger partial charge in [-0.1, -0.05) is 11.6 Å². The van der Waals surface area contributed by atoms with Gasteiger partial charge in [0.25, 0.3) is 0 Å². The number of alkyl halides is 3. The zero-order valence-electron chi connectivity index (χ0n) is 10.1. The predicted octanol–water partition coefficient (Wildman–Crippen LogP) is 3.09. The highest BCUT2D eigenvalue weighted by Crippen LogP contribution is 2.33. The molecule has 0 aliphatic heterocycles. The van der Waals surface area contributed by atoms with Crippen molar-refractivity contribution < 1.29 is 23.0 Å². The second kappa shape index (κ2) is 5.72. The molecule has 2 aromatic rings. The van der Waals surface area contributed by atoms with Crippen molar-refractivity contribution in [1.82, 2.24) is 9.78 Å². The van der Waals surface area contributed by atoms with Crippen LogP contribution in [-0.4, -0.2) is 27.9 Å². The first-order valence-corrected chi connectivity index (χ1v) is 5.96. The number of halogens is 4. The Morgan fingerprint density at radius 1 is 1.35 bits per heavy atom. The van der Waals surface area contributed by atoms with Gasteiger partial charge in [-0.15, -0.1) is 13.2 Å². The maximum atomic E-state index is 12.2. The van der Waals surface area contributed by atoms with Gasteiger partial charge in [-0.05, 0) is 18.2 Å². The molecule has 0 aliphatic rings. The summed E-state index contributed by atoms with van der Waals surface area (Å²) >= 11 is 5.97. The van der Waals surface area contributed by atoms with Crippen LogP contribution in [0.25, 0.3) is 11.1 Å². The number of nitrogens with zero attached hydrogens (tertiary/aromatic N) is 2. The van der Waals surface area contributed by atoms with Gasteiger partial charge in [0.05, 0.1) is 19.3 Å². The molecular formula is C12H10ClF3N2O2. The molecule has 0 spiro atoms. The van der Waals surface area contributed by atoms with E-state index in [2.05, 4.69) is 9.84 Å². The van der Waals surface area contributed by atoms with E-state index < -0.39 is 6.36 Å². The van der Waals surface area contributed by atoms with Crippen molar-refractivity contribution >= 4 is 11.6 Å². The zero-order valence-corrected chi connectivity index (χ0v) is 10.8. The van der Waals surface area contributed by atoms with Crippen LogP contribution >= 0.6 is 11.6 Å². The molecule has 0 saturated heterocycles. The molecule has 108 valence electrons. The van der Waals surface area contributed by atoms with E-state index in [4.69, 9.17) is 16.7 Å². The molecule has 4 nitrogen and oxygen atoms in total. The lowest BCUT2D eigenvalue weighted by Gasteiger charge is -2.10. The molecule has 0 aliphatic carbocycles. The van der Waals surface area contributed by atoms with Crippen molar-refractivity contribution in [2.24, 2.45) is 0 Å². The van der Waals surface area contributed by atoms with Crippen LogP contribution in [-0.2, 0) is 6.54 Å². The maximum absolute atomic E-state index is 12.2. The minimum atomic E-state index is -4.76. The SMILES string of the molecule is OCCn1cc(-c2cc(OC(F)(F)F)ccc2Cl)cn1. The molecule has 0 saturated carbocycles. The Morgan fingerprint density at radius 2 is 2.10 bits per heavy atom. The minimum absolute atomic E-state index is 0.0912. The van der Waals surface area contributed by atoms with Gasteiger partial charge in [0, 0.05) is 22.3 Å². The van der Waals surface area contributed by atoms with E-state index in [-0.39, 0.29) is 23.9 Å². The van der Waals surface area contributed by atoms with E-state index in [0.717, 1.165) is 6.07 Å². The molecule has 0 fully saturated rings.